The number of Topliss-reactive ketones (excluding diaryl/α,β-unsaturated/α-hetero) is 1. The topological polar surface area (TPSA) is 141 Å². The number of pyridine rings is 1. The molecule has 1 N–H and O–H groups in total. The fraction of sp³-hybridized carbons (Fsp3) is 0.576. The van der Waals surface area contributed by atoms with Gasteiger partial charge in [-0.15, -0.1) is 6.58 Å². The number of ether oxygens (including phenoxy) is 3. The Balaban J connectivity index is 1.42. The van der Waals surface area contributed by atoms with E-state index < -0.39 is 56.1 Å². The molecule has 2 heterocycles. The maximum absolute atomic E-state index is 14.0. The third kappa shape index (κ3) is 6.25. The van der Waals surface area contributed by atoms with Gasteiger partial charge in [-0.1, -0.05) is 33.8 Å². The Hall–Kier alpha value is -3.67. The summed E-state index contributed by atoms with van der Waals surface area (Å²) in [5, 5.41) is 3.80. The van der Waals surface area contributed by atoms with Crippen LogP contribution in [0.4, 0.5) is 0 Å². The molecular formula is C33H43N3O8S. The molecule has 3 aliphatic rings. The van der Waals surface area contributed by atoms with E-state index in [0.717, 1.165) is 5.39 Å². The van der Waals surface area contributed by atoms with Gasteiger partial charge in [0.2, 0.25) is 17.7 Å². The van der Waals surface area contributed by atoms with E-state index in [9.17, 15) is 22.8 Å². The lowest BCUT2D eigenvalue weighted by Gasteiger charge is -2.33. The molecule has 1 saturated heterocycles. The third-order valence-corrected chi connectivity index (χ3v) is 11.7. The summed E-state index contributed by atoms with van der Waals surface area (Å²) >= 11 is 0. The van der Waals surface area contributed by atoms with Gasteiger partial charge in [-0.25, -0.2) is 13.4 Å². The van der Waals surface area contributed by atoms with Crippen LogP contribution in [-0.2, 0) is 24.2 Å². The number of benzene rings is 1. The molecule has 2 saturated carbocycles. The van der Waals surface area contributed by atoms with Gasteiger partial charge in [0.1, 0.15) is 23.4 Å². The molecule has 244 valence electrons. The average molecular weight is 642 g/mol. The Kier molecular flexibility index (Phi) is 8.67. The van der Waals surface area contributed by atoms with Crippen molar-refractivity contribution in [2.45, 2.75) is 76.3 Å². The number of carbonyl (C=O) groups is 3. The SMILES string of the molecule is C=C[C@@H]1C[C@]1(NC(=O)[C@@H]1C[C@@H](Oc2nccc3c(OC)c(OC)ccc23)CN1C(=O)[C@@H](C)C(C)(C)C)C(=O)CS(=O)(=O)C1CC1. The van der Waals surface area contributed by atoms with E-state index in [-0.39, 0.29) is 36.6 Å². The van der Waals surface area contributed by atoms with Crippen molar-refractivity contribution in [2.24, 2.45) is 17.3 Å². The first-order chi connectivity index (χ1) is 21.2. The Morgan fingerprint density at radius 2 is 1.87 bits per heavy atom. The van der Waals surface area contributed by atoms with Crippen LogP contribution in [-0.4, -0.2) is 85.4 Å². The molecule has 2 amide bonds. The highest BCUT2D eigenvalue weighted by Crippen LogP contribution is 2.46. The predicted octanol–water partition coefficient (Wildman–Crippen LogP) is 3.49. The van der Waals surface area contributed by atoms with Crippen LogP contribution < -0.4 is 19.5 Å². The van der Waals surface area contributed by atoms with Crippen LogP contribution in [0.2, 0.25) is 0 Å². The van der Waals surface area contributed by atoms with E-state index in [1.165, 1.54) is 4.90 Å². The molecule has 12 heteroatoms. The normalized spacial score (nSPS) is 25.4. The summed E-state index contributed by atoms with van der Waals surface area (Å²) in [4.78, 5) is 47.2. The first-order valence-corrected chi connectivity index (χ1v) is 17.0. The minimum absolute atomic E-state index is 0.130. The number of sulfone groups is 1. The largest absolute Gasteiger partial charge is 0.493 e. The minimum atomic E-state index is -3.58. The second-order valence-corrected chi connectivity index (χ2v) is 15.8. The lowest BCUT2D eigenvalue weighted by atomic mass is 9.81. The number of methoxy groups -OCH3 is 2. The zero-order valence-corrected chi connectivity index (χ0v) is 27.6. The monoisotopic (exact) mass is 641 g/mol. The molecule has 3 fully saturated rings. The number of carbonyl (C=O) groups excluding carboxylic acids is 3. The molecular weight excluding hydrogens is 598 g/mol. The zero-order chi connectivity index (χ0) is 32.9. The molecule has 2 aliphatic carbocycles. The zero-order valence-electron chi connectivity index (χ0n) is 26.8. The van der Waals surface area contributed by atoms with Crippen molar-refractivity contribution >= 4 is 38.2 Å². The fourth-order valence-electron chi connectivity index (χ4n) is 6.06. The number of hydrogen-bond acceptors (Lipinski definition) is 9. The van der Waals surface area contributed by atoms with Crippen LogP contribution in [0.5, 0.6) is 17.4 Å². The molecule has 0 bridgehead atoms. The Bertz CT molecular complexity index is 1630. The smallest absolute Gasteiger partial charge is 0.243 e. The van der Waals surface area contributed by atoms with Crippen molar-refractivity contribution in [3.05, 3.63) is 37.1 Å². The number of nitrogens with one attached hydrogen (secondary N) is 1. The highest BCUT2D eigenvalue weighted by molar-refractivity contribution is 7.93. The summed E-state index contributed by atoms with van der Waals surface area (Å²) in [6, 6.07) is 4.43. The summed E-state index contributed by atoms with van der Waals surface area (Å²) < 4.78 is 42.7. The quantitative estimate of drug-likeness (QED) is 0.345. The van der Waals surface area contributed by atoms with Crippen LogP contribution in [0.25, 0.3) is 10.8 Å². The molecule has 11 nitrogen and oxygen atoms in total. The number of aromatic nitrogens is 1. The van der Waals surface area contributed by atoms with E-state index in [1.807, 2.05) is 33.8 Å². The second kappa shape index (κ2) is 11.9. The van der Waals surface area contributed by atoms with Crippen LogP contribution in [0.3, 0.4) is 0 Å². The molecule has 1 aromatic carbocycles. The van der Waals surface area contributed by atoms with Gasteiger partial charge in [0.15, 0.2) is 27.1 Å². The Labute approximate surface area is 264 Å². The lowest BCUT2D eigenvalue weighted by Crippen LogP contribution is -2.55. The van der Waals surface area contributed by atoms with Gasteiger partial charge in [-0.2, -0.15) is 0 Å². The number of likely N-dealkylation sites (tertiary alicyclic amines) is 1. The molecule has 1 aliphatic heterocycles. The summed E-state index contributed by atoms with van der Waals surface area (Å²) in [5.41, 5.74) is -1.72. The van der Waals surface area contributed by atoms with Gasteiger partial charge in [0, 0.05) is 35.2 Å². The number of amides is 2. The minimum Gasteiger partial charge on any atom is -0.493 e. The molecule has 0 spiro atoms. The number of hydrogen-bond donors (Lipinski definition) is 1. The standard InChI is InChI=1S/C33H43N3O8S/c1-8-20-16-33(20,27(37)18-45(40,41)22-9-10-22)35-29(38)25-15-21(17-36(25)31(39)19(2)32(3,4)5)44-30-24-11-12-26(42-6)28(43-7)23(24)13-14-34-30/h8,11-14,19-22,25H,1,9-10,15-18H2,2-7H3,(H,35,38)/t19-,20-,21-,25+,33-/m1/s1. The number of ketones is 1. The summed E-state index contributed by atoms with van der Waals surface area (Å²) in [7, 11) is -0.478. The van der Waals surface area contributed by atoms with Crippen LogP contribution in [0, 0.1) is 17.3 Å². The maximum Gasteiger partial charge on any atom is 0.243 e. The predicted molar refractivity (Wildman–Crippen MR) is 169 cm³/mol. The van der Waals surface area contributed by atoms with Gasteiger partial charge < -0.3 is 24.4 Å². The van der Waals surface area contributed by atoms with E-state index in [4.69, 9.17) is 14.2 Å². The first-order valence-electron chi connectivity index (χ1n) is 15.3. The lowest BCUT2D eigenvalue weighted by molar-refractivity contribution is -0.144. The van der Waals surface area contributed by atoms with Gasteiger partial charge in [-0.3, -0.25) is 14.4 Å². The van der Waals surface area contributed by atoms with Crippen molar-refractivity contribution in [1.82, 2.24) is 15.2 Å². The van der Waals surface area contributed by atoms with Crippen LogP contribution >= 0.6 is 0 Å². The summed E-state index contributed by atoms with van der Waals surface area (Å²) in [6.45, 7) is 11.6. The van der Waals surface area contributed by atoms with E-state index in [1.54, 1.807) is 38.6 Å². The van der Waals surface area contributed by atoms with Gasteiger partial charge >= 0.3 is 0 Å². The van der Waals surface area contributed by atoms with Crippen molar-refractivity contribution in [1.29, 1.82) is 0 Å². The third-order valence-electron chi connectivity index (χ3n) is 9.55. The molecule has 5 atom stereocenters. The number of nitrogens with zero attached hydrogens (tertiary/aromatic N) is 2. The molecule has 0 unspecified atom stereocenters. The van der Waals surface area contributed by atoms with Gasteiger partial charge in [-0.05, 0) is 42.9 Å². The van der Waals surface area contributed by atoms with Crippen molar-refractivity contribution in [3.63, 3.8) is 0 Å². The van der Waals surface area contributed by atoms with Gasteiger partial charge in [0.25, 0.3) is 0 Å². The van der Waals surface area contributed by atoms with Crippen LogP contribution in [0.1, 0.15) is 53.4 Å². The molecule has 1 aromatic heterocycles. The first kappa shape index (κ1) is 32.7. The summed E-state index contributed by atoms with van der Waals surface area (Å²) in [6.07, 6.45) is 4.12. The Morgan fingerprint density at radius 1 is 1.16 bits per heavy atom. The van der Waals surface area contributed by atoms with Crippen molar-refractivity contribution < 1.29 is 37.0 Å². The summed E-state index contributed by atoms with van der Waals surface area (Å²) in [5.74, 6) is -1.29. The van der Waals surface area contributed by atoms with Gasteiger partial charge in [0.05, 0.1) is 26.0 Å². The van der Waals surface area contributed by atoms with E-state index in [0.29, 0.717) is 35.6 Å². The fourth-order valence-corrected chi connectivity index (χ4v) is 7.78. The number of fused-ring (bicyclic) bond motifs is 1. The molecule has 5 rings (SSSR count). The highest BCUT2D eigenvalue weighted by atomic mass is 32.2. The second-order valence-electron chi connectivity index (χ2n) is 13.5. The highest BCUT2D eigenvalue weighted by Gasteiger charge is 2.61. The number of rotatable bonds is 12. The van der Waals surface area contributed by atoms with E-state index in [2.05, 4.69) is 16.9 Å². The van der Waals surface area contributed by atoms with Crippen molar-refractivity contribution in [3.8, 4) is 17.4 Å². The maximum atomic E-state index is 14.0. The molecule has 0 radical (unpaired) electrons. The average Bonchev–Trinajstić information content (AvgIpc) is 3.92. The Morgan fingerprint density at radius 3 is 2.44 bits per heavy atom. The molecule has 2 aromatic rings. The molecule has 45 heavy (non-hydrogen) atoms. The van der Waals surface area contributed by atoms with E-state index >= 15 is 0 Å². The van der Waals surface area contributed by atoms with Crippen LogP contribution in [0.15, 0.2) is 37.1 Å². The van der Waals surface area contributed by atoms with Crippen molar-refractivity contribution in [2.75, 3.05) is 26.5 Å².